The summed E-state index contributed by atoms with van der Waals surface area (Å²) in [5, 5.41) is 11.1. The molecule has 0 unspecified atom stereocenters. The van der Waals surface area contributed by atoms with E-state index in [2.05, 4.69) is 11.5 Å². The first kappa shape index (κ1) is 5.70. The first-order chi connectivity index (χ1) is 4.34. The fraction of sp³-hybridized carbons (Fsp3) is 0.167. The van der Waals surface area contributed by atoms with Crippen LogP contribution in [0.5, 0.6) is 0 Å². The Balaban J connectivity index is 2.88. The minimum Gasteiger partial charge on any atom is -0.400 e. The molecule has 0 atom stereocenters. The molecule has 0 aliphatic carbocycles. The van der Waals surface area contributed by atoms with Gasteiger partial charge in [-0.3, -0.25) is 0 Å². The zero-order chi connectivity index (χ0) is 6.69. The summed E-state index contributed by atoms with van der Waals surface area (Å²) >= 11 is 0. The molecule has 0 bridgehead atoms. The van der Waals surface area contributed by atoms with E-state index in [0.717, 1.165) is 0 Å². The lowest BCUT2D eigenvalue weighted by Crippen LogP contribution is -2.20. The van der Waals surface area contributed by atoms with Gasteiger partial charge in [-0.15, -0.1) is 0 Å². The van der Waals surface area contributed by atoms with Gasteiger partial charge in [0.15, 0.2) is 0 Å². The number of hydrogen-bond acceptors (Lipinski definition) is 3. The predicted octanol–water partition coefficient (Wildman–Crippen LogP) is -0.357. The molecule has 0 aromatic rings. The average Bonchev–Trinajstić information content (AvgIpc) is 1.89. The Hall–Kier alpha value is -1.43. The van der Waals surface area contributed by atoms with Crippen molar-refractivity contribution in [3.05, 3.63) is 23.5 Å². The molecular formula is C6H6N3. The lowest BCUT2D eigenvalue weighted by atomic mass is 10.2. The fourth-order valence-corrected chi connectivity index (χ4v) is 0.561. The first-order valence-corrected chi connectivity index (χ1v) is 2.55. The number of nitrogens with one attached hydrogen (secondary N) is 1. The Labute approximate surface area is 53.5 Å². The normalized spacial score (nSPS) is 16.8. The highest BCUT2D eigenvalue weighted by molar-refractivity contribution is 5.37. The van der Waals surface area contributed by atoms with Gasteiger partial charge in [0.1, 0.15) is 6.07 Å². The van der Waals surface area contributed by atoms with Crippen molar-refractivity contribution >= 4 is 0 Å². The van der Waals surface area contributed by atoms with Gasteiger partial charge in [0.05, 0.1) is 18.3 Å². The highest BCUT2D eigenvalue weighted by Gasteiger charge is 2.01. The Morgan fingerprint density at radius 3 is 3.11 bits per heavy atom. The van der Waals surface area contributed by atoms with Crippen molar-refractivity contribution < 1.29 is 0 Å². The highest BCUT2D eigenvalue weighted by Crippen LogP contribution is 2.00. The third-order valence-corrected chi connectivity index (χ3v) is 1.06. The van der Waals surface area contributed by atoms with Crippen molar-refractivity contribution in [1.82, 2.24) is 5.32 Å². The van der Waals surface area contributed by atoms with Gasteiger partial charge in [-0.25, -0.2) is 0 Å². The molecule has 0 aromatic carbocycles. The molecule has 9 heavy (non-hydrogen) atoms. The number of allylic oxidation sites excluding steroid dienone is 2. The predicted molar refractivity (Wildman–Crippen MR) is 32.6 cm³/mol. The molecule has 3 heteroatoms. The monoisotopic (exact) mass is 120 g/mol. The number of nitriles is 1. The lowest BCUT2D eigenvalue weighted by molar-refractivity contribution is 0.874. The summed E-state index contributed by atoms with van der Waals surface area (Å²) in [4.78, 5) is 0. The molecule has 0 amide bonds. The number of hydrogen-bond donors (Lipinski definition) is 2. The average molecular weight is 120 g/mol. The largest absolute Gasteiger partial charge is 0.400 e. The van der Waals surface area contributed by atoms with Gasteiger partial charge in [0, 0.05) is 5.70 Å². The molecule has 3 N–H and O–H groups in total. The van der Waals surface area contributed by atoms with Crippen LogP contribution in [-0.2, 0) is 0 Å². The van der Waals surface area contributed by atoms with Crippen LogP contribution in [-0.4, -0.2) is 6.54 Å². The molecule has 0 saturated carbocycles. The molecule has 0 fully saturated rings. The fourth-order valence-electron chi connectivity index (χ4n) is 0.561. The summed E-state index contributed by atoms with van der Waals surface area (Å²) in [6, 6.07) is 1.95. The Bertz CT molecular complexity index is 207. The quantitative estimate of drug-likeness (QED) is 0.459. The minimum atomic E-state index is 0.508. The maximum absolute atomic E-state index is 8.37. The van der Waals surface area contributed by atoms with Crippen LogP contribution in [0.25, 0.3) is 0 Å². The number of dihydropyridines is 1. The van der Waals surface area contributed by atoms with Crippen LogP contribution < -0.4 is 11.1 Å². The van der Waals surface area contributed by atoms with E-state index in [0.29, 0.717) is 17.8 Å². The standard InChI is InChI=1S/C6H6N3/c7-3-5-1-2-9-4-6(5)8/h1,9H,4,8H2. The zero-order valence-corrected chi connectivity index (χ0v) is 4.81. The molecule has 1 rings (SSSR count). The summed E-state index contributed by atoms with van der Waals surface area (Å²) in [5.74, 6) is 0. The third-order valence-electron chi connectivity index (χ3n) is 1.06. The topological polar surface area (TPSA) is 61.8 Å². The van der Waals surface area contributed by atoms with Crippen molar-refractivity contribution in [3.8, 4) is 6.07 Å². The van der Waals surface area contributed by atoms with Crippen LogP contribution in [0.2, 0.25) is 0 Å². The highest BCUT2D eigenvalue weighted by atomic mass is 14.9. The van der Waals surface area contributed by atoms with E-state index in [1.807, 2.05) is 6.07 Å². The summed E-state index contributed by atoms with van der Waals surface area (Å²) in [7, 11) is 0. The second-order valence-electron chi connectivity index (χ2n) is 1.69. The first-order valence-electron chi connectivity index (χ1n) is 2.55. The third kappa shape index (κ3) is 1.03. The zero-order valence-electron chi connectivity index (χ0n) is 4.81. The molecule has 1 radical (unpaired) electrons. The van der Waals surface area contributed by atoms with E-state index in [1.165, 1.54) is 0 Å². The number of nitrogens with zero attached hydrogens (tertiary/aromatic N) is 1. The molecule has 1 aliphatic heterocycles. The van der Waals surface area contributed by atoms with Crippen LogP contribution in [0.1, 0.15) is 0 Å². The van der Waals surface area contributed by atoms with E-state index in [4.69, 9.17) is 11.0 Å². The Kier molecular flexibility index (Phi) is 1.41. The van der Waals surface area contributed by atoms with Gasteiger partial charge in [0.2, 0.25) is 0 Å². The molecular weight excluding hydrogens is 114 g/mol. The minimum absolute atomic E-state index is 0.508. The maximum Gasteiger partial charge on any atom is 0.101 e. The SMILES string of the molecule is N#CC1=C(N)CN[C]=C1. The number of rotatable bonds is 0. The Morgan fingerprint density at radius 1 is 1.89 bits per heavy atom. The van der Waals surface area contributed by atoms with Crippen LogP contribution in [0.4, 0.5) is 0 Å². The van der Waals surface area contributed by atoms with E-state index in [1.54, 1.807) is 6.08 Å². The van der Waals surface area contributed by atoms with E-state index in [-0.39, 0.29) is 0 Å². The summed E-state index contributed by atoms with van der Waals surface area (Å²) < 4.78 is 0. The van der Waals surface area contributed by atoms with Gasteiger partial charge in [0.25, 0.3) is 0 Å². The molecule has 45 valence electrons. The van der Waals surface area contributed by atoms with Crippen molar-refractivity contribution in [2.75, 3.05) is 6.54 Å². The maximum atomic E-state index is 8.37. The van der Waals surface area contributed by atoms with Gasteiger partial charge in [-0.1, -0.05) is 0 Å². The molecule has 3 nitrogen and oxygen atoms in total. The van der Waals surface area contributed by atoms with Crippen molar-refractivity contribution in [2.45, 2.75) is 0 Å². The van der Waals surface area contributed by atoms with Gasteiger partial charge in [-0.05, 0) is 6.08 Å². The Morgan fingerprint density at radius 2 is 2.67 bits per heavy atom. The molecule has 1 aliphatic rings. The second-order valence-corrected chi connectivity index (χ2v) is 1.69. The lowest BCUT2D eigenvalue weighted by Gasteiger charge is -2.05. The smallest absolute Gasteiger partial charge is 0.101 e. The van der Waals surface area contributed by atoms with Crippen molar-refractivity contribution in [3.63, 3.8) is 0 Å². The number of nitrogens with two attached hydrogens (primary N) is 1. The molecule has 0 spiro atoms. The van der Waals surface area contributed by atoms with Crippen LogP contribution in [0.15, 0.2) is 17.3 Å². The van der Waals surface area contributed by atoms with Crippen LogP contribution >= 0.6 is 0 Å². The summed E-state index contributed by atoms with van der Waals surface area (Å²) in [5.41, 5.74) is 6.50. The van der Waals surface area contributed by atoms with E-state index < -0.39 is 0 Å². The van der Waals surface area contributed by atoms with Gasteiger partial charge >= 0.3 is 0 Å². The van der Waals surface area contributed by atoms with Crippen LogP contribution in [0, 0.1) is 17.5 Å². The van der Waals surface area contributed by atoms with E-state index in [9.17, 15) is 0 Å². The van der Waals surface area contributed by atoms with Crippen molar-refractivity contribution in [1.29, 1.82) is 5.26 Å². The second kappa shape index (κ2) is 2.23. The molecule has 1 heterocycles. The summed E-state index contributed by atoms with van der Waals surface area (Å²) in [6.07, 6.45) is 4.22. The van der Waals surface area contributed by atoms with Gasteiger partial charge < -0.3 is 11.1 Å². The van der Waals surface area contributed by atoms with Crippen LogP contribution in [0.3, 0.4) is 0 Å². The van der Waals surface area contributed by atoms with Crippen molar-refractivity contribution in [2.24, 2.45) is 5.73 Å². The summed E-state index contributed by atoms with van der Waals surface area (Å²) in [6.45, 7) is 0.527. The van der Waals surface area contributed by atoms with E-state index >= 15 is 0 Å². The molecule has 0 aromatic heterocycles. The van der Waals surface area contributed by atoms with Gasteiger partial charge in [-0.2, -0.15) is 5.26 Å². The molecule has 0 saturated heterocycles.